The van der Waals surface area contributed by atoms with Crippen LogP contribution in [0.1, 0.15) is 57.2 Å². The number of phenols is 1. The zero-order chi connectivity index (χ0) is 25.8. The number of hydrogen-bond acceptors (Lipinski definition) is 7. The van der Waals surface area contributed by atoms with Crippen molar-refractivity contribution in [1.29, 1.82) is 0 Å². The van der Waals surface area contributed by atoms with Crippen molar-refractivity contribution < 1.29 is 29.2 Å². The molecular formula is C25H29N3O7. The third-order valence-corrected chi connectivity index (χ3v) is 6.57. The molecule has 10 heteroatoms. The van der Waals surface area contributed by atoms with E-state index in [9.17, 15) is 29.6 Å². The molecule has 3 rings (SSSR count). The summed E-state index contributed by atoms with van der Waals surface area (Å²) in [6.07, 6.45) is -0.103. The van der Waals surface area contributed by atoms with E-state index in [2.05, 4.69) is 5.32 Å². The zero-order valence-electron chi connectivity index (χ0n) is 19.9. The van der Waals surface area contributed by atoms with Crippen LogP contribution in [0.15, 0.2) is 48.5 Å². The van der Waals surface area contributed by atoms with Crippen molar-refractivity contribution in [1.82, 2.24) is 10.2 Å². The summed E-state index contributed by atoms with van der Waals surface area (Å²) in [6, 6.07) is 11.9. The number of nitrogens with one attached hydrogen (secondary N) is 1. The Labute approximate surface area is 203 Å². The van der Waals surface area contributed by atoms with Gasteiger partial charge < -0.3 is 15.2 Å². The van der Waals surface area contributed by atoms with Gasteiger partial charge in [0.05, 0.1) is 17.4 Å². The smallest absolute Gasteiger partial charge is 0.327 e. The Morgan fingerprint density at radius 1 is 1.17 bits per heavy atom. The number of esters is 1. The van der Waals surface area contributed by atoms with Gasteiger partial charge in [-0.2, -0.15) is 0 Å². The summed E-state index contributed by atoms with van der Waals surface area (Å²) >= 11 is 0. The zero-order valence-corrected chi connectivity index (χ0v) is 19.9. The molecule has 0 aromatic heterocycles. The van der Waals surface area contributed by atoms with Gasteiger partial charge >= 0.3 is 17.7 Å². The number of hydrogen-bond donors (Lipinski definition) is 2. The van der Waals surface area contributed by atoms with Gasteiger partial charge in [0.25, 0.3) is 0 Å². The predicted octanol–water partition coefficient (Wildman–Crippen LogP) is 4.22. The van der Waals surface area contributed by atoms with Crippen LogP contribution in [0.3, 0.4) is 0 Å². The molecule has 1 saturated heterocycles. The van der Waals surface area contributed by atoms with E-state index in [1.54, 1.807) is 13.8 Å². The van der Waals surface area contributed by atoms with Gasteiger partial charge in [-0.25, -0.2) is 9.69 Å². The van der Waals surface area contributed by atoms with Crippen molar-refractivity contribution in [3.63, 3.8) is 0 Å². The fourth-order valence-corrected chi connectivity index (χ4v) is 4.38. The van der Waals surface area contributed by atoms with Crippen LogP contribution in [0.25, 0.3) is 0 Å². The second-order valence-corrected chi connectivity index (χ2v) is 8.46. The standard InChI is InChI=1S/C25H29N3O7/c1-4-18(17-10-8-7-9-11-17)26-24(32)27-22(31)25(5-2,6-3)23(27)35-21(30)15-16-12-13-20(29)19(14-16)28(33)34/h7-14,18,23,29H,4-6,15H2,1-3H3,(H,26,32)/t18-,23+/m1/s1. The fourth-order valence-electron chi connectivity index (χ4n) is 4.38. The molecule has 186 valence electrons. The van der Waals surface area contributed by atoms with E-state index in [1.165, 1.54) is 6.07 Å². The number of nitrogens with zero attached hydrogens (tertiary/aromatic N) is 2. The summed E-state index contributed by atoms with van der Waals surface area (Å²) in [4.78, 5) is 50.2. The first-order valence-corrected chi connectivity index (χ1v) is 11.5. The summed E-state index contributed by atoms with van der Waals surface area (Å²) in [5.74, 6) is -1.68. The van der Waals surface area contributed by atoms with Crippen LogP contribution in [-0.2, 0) is 20.7 Å². The Hall–Kier alpha value is -3.95. The molecule has 2 aromatic rings. The Bertz CT molecular complexity index is 1120. The van der Waals surface area contributed by atoms with Crippen LogP contribution in [0.2, 0.25) is 0 Å². The lowest BCUT2D eigenvalue weighted by atomic mass is 9.72. The van der Waals surface area contributed by atoms with Crippen LogP contribution < -0.4 is 5.32 Å². The van der Waals surface area contributed by atoms with Gasteiger partial charge in [0.15, 0.2) is 12.0 Å². The molecule has 0 aliphatic carbocycles. The van der Waals surface area contributed by atoms with E-state index in [0.717, 1.165) is 22.6 Å². The maximum absolute atomic E-state index is 13.1. The second-order valence-electron chi connectivity index (χ2n) is 8.46. The number of benzene rings is 2. The van der Waals surface area contributed by atoms with Gasteiger partial charge in [-0.1, -0.05) is 57.2 Å². The van der Waals surface area contributed by atoms with Gasteiger partial charge in [-0.05, 0) is 36.5 Å². The molecule has 0 saturated carbocycles. The molecule has 0 unspecified atom stereocenters. The van der Waals surface area contributed by atoms with E-state index < -0.39 is 45.9 Å². The number of urea groups is 1. The van der Waals surface area contributed by atoms with E-state index in [4.69, 9.17) is 4.74 Å². The van der Waals surface area contributed by atoms with E-state index in [0.29, 0.717) is 19.3 Å². The average molecular weight is 484 g/mol. The van der Waals surface area contributed by atoms with Crippen molar-refractivity contribution >= 4 is 23.6 Å². The highest BCUT2D eigenvalue weighted by molar-refractivity contribution is 6.03. The molecule has 0 bridgehead atoms. The largest absolute Gasteiger partial charge is 0.502 e. The number of ether oxygens (including phenoxy) is 1. The highest BCUT2D eigenvalue weighted by atomic mass is 16.6. The van der Waals surface area contributed by atoms with Crippen molar-refractivity contribution in [2.24, 2.45) is 5.41 Å². The molecular weight excluding hydrogens is 454 g/mol. The minimum atomic E-state index is -1.10. The molecule has 35 heavy (non-hydrogen) atoms. The number of carbonyl (C=O) groups excluding carboxylic acids is 3. The molecule has 2 atom stereocenters. The third-order valence-electron chi connectivity index (χ3n) is 6.57. The fraction of sp³-hybridized carbons (Fsp3) is 0.400. The summed E-state index contributed by atoms with van der Waals surface area (Å²) in [7, 11) is 0. The Kier molecular flexibility index (Phi) is 7.73. The van der Waals surface area contributed by atoms with Crippen LogP contribution >= 0.6 is 0 Å². The van der Waals surface area contributed by atoms with Gasteiger partial charge in [-0.15, -0.1) is 0 Å². The van der Waals surface area contributed by atoms with Crippen molar-refractivity contribution in [2.75, 3.05) is 0 Å². The number of phenolic OH excluding ortho intramolecular Hbond substituents is 1. The first kappa shape index (κ1) is 25.7. The molecule has 1 fully saturated rings. The molecule has 1 aliphatic rings. The molecule has 0 radical (unpaired) electrons. The second kappa shape index (κ2) is 10.5. The van der Waals surface area contributed by atoms with E-state index >= 15 is 0 Å². The molecule has 10 nitrogen and oxygen atoms in total. The summed E-state index contributed by atoms with van der Waals surface area (Å²) in [5.41, 5.74) is -0.411. The number of carbonyl (C=O) groups is 3. The molecule has 3 amide bonds. The number of nitro groups is 1. The molecule has 2 aromatic carbocycles. The molecule has 0 spiro atoms. The normalized spacial score (nSPS) is 17.3. The monoisotopic (exact) mass is 483 g/mol. The average Bonchev–Trinajstić information content (AvgIpc) is 2.84. The third kappa shape index (κ3) is 4.96. The SMILES string of the molecule is CC[C@@H](NC(=O)N1C(=O)C(CC)(CC)[C@@H]1OC(=O)Cc1ccc(O)c([N+](=O)[O-])c1)c1ccccc1. The lowest BCUT2D eigenvalue weighted by molar-refractivity contribution is -0.385. The number of likely N-dealkylation sites (tertiary alicyclic amines) is 1. The highest BCUT2D eigenvalue weighted by Gasteiger charge is 2.63. The summed E-state index contributed by atoms with van der Waals surface area (Å²) in [6.45, 7) is 5.49. The number of aromatic hydroxyl groups is 1. The first-order chi connectivity index (χ1) is 16.7. The Morgan fingerprint density at radius 3 is 2.40 bits per heavy atom. The van der Waals surface area contributed by atoms with Gasteiger partial charge in [0.2, 0.25) is 5.91 Å². The Morgan fingerprint density at radius 2 is 1.83 bits per heavy atom. The van der Waals surface area contributed by atoms with Gasteiger partial charge in [0, 0.05) is 6.07 Å². The minimum Gasteiger partial charge on any atom is -0.502 e. The maximum Gasteiger partial charge on any atom is 0.327 e. The predicted molar refractivity (Wildman–Crippen MR) is 126 cm³/mol. The number of nitro benzene ring substituents is 1. The van der Waals surface area contributed by atoms with Crippen molar-refractivity contribution in [3.05, 3.63) is 69.8 Å². The lowest BCUT2D eigenvalue weighted by Gasteiger charge is -2.52. The quantitative estimate of drug-likeness (QED) is 0.236. The van der Waals surface area contributed by atoms with Crippen LogP contribution in [0, 0.1) is 15.5 Å². The first-order valence-electron chi connectivity index (χ1n) is 11.5. The Balaban J connectivity index is 1.78. The van der Waals surface area contributed by atoms with Crippen molar-refractivity contribution in [2.45, 2.75) is 58.7 Å². The number of β-lactam (4-membered cyclic amide) rings is 1. The minimum absolute atomic E-state index is 0.259. The number of imide groups is 1. The summed E-state index contributed by atoms with van der Waals surface area (Å²) < 4.78 is 5.62. The van der Waals surface area contributed by atoms with E-state index in [1.807, 2.05) is 37.3 Å². The molecule has 2 N–H and O–H groups in total. The van der Waals surface area contributed by atoms with Crippen LogP contribution in [0.5, 0.6) is 5.75 Å². The maximum atomic E-state index is 13.1. The van der Waals surface area contributed by atoms with Gasteiger partial charge in [-0.3, -0.25) is 19.7 Å². The van der Waals surface area contributed by atoms with Crippen LogP contribution in [-0.4, -0.2) is 39.1 Å². The van der Waals surface area contributed by atoms with Gasteiger partial charge in [0.1, 0.15) is 5.41 Å². The molecule has 1 aliphatic heterocycles. The number of amides is 3. The number of rotatable bonds is 9. The lowest BCUT2D eigenvalue weighted by Crippen LogP contribution is -2.73. The molecule has 1 heterocycles. The van der Waals surface area contributed by atoms with E-state index in [-0.39, 0.29) is 18.0 Å². The van der Waals surface area contributed by atoms with Crippen molar-refractivity contribution in [3.8, 4) is 5.75 Å². The highest BCUT2D eigenvalue weighted by Crippen LogP contribution is 2.46. The summed E-state index contributed by atoms with van der Waals surface area (Å²) in [5, 5.41) is 23.5. The topological polar surface area (TPSA) is 139 Å². The van der Waals surface area contributed by atoms with Crippen LogP contribution in [0.4, 0.5) is 10.5 Å².